The molecule has 2 aromatic rings. The van der Waals surface area contributed by atoms with Crippen LogP contribution >= 0.6 is 11.6 Å². The summed E-state index contributed by atoms with van der Waals surface area (Å²) < 4.78 is 60.1. The Kier molecular flexibility index (Phi) is 5.77. The SMILES string of the molecule is O=C1C=C(NC(=O)c2cc(Cl)c(C(F)(F)F)cc2Oc2ccc(F)c3c2CCC3)C=NC1. The number of nitrogens with zero attached hydrogens (tertiary/aromatic N) is 1. The second kappa shape index (κ2) is 8.38. The molecule has 0 radical (unpaired) electrons. The van der Waals surface area contributed by atoms with E-state index in [1.54, 1.807) is 0 Å². The topological polar surface area (TPSA) is 67.8 Å². The van der Waals surface area contributed by atoms with E-state index in [9.17, 15) is 27.2 Å². The highest BCUT2D eigenvalue weighted by molar-refractivity contribution is 6.32. The van der Waals surface area contributed by atoms with Crippen molar-refractivity contribution in [2.24, 2.45) is 4.99 Å². The van der Waals surface area contributed by atoms with E-state index >= 15 is 0 Å². The van der Waals surface area contributed by atoms with Crippen LogP contribution in [0.3, 0.4) is 0 Å². The first-order valence-corrected chi connectivity index (χ1v) is 9.96. The van der Waals surface area contributed by atoms with E-state index in [4.69, 9.17) is 16.3 Å². The van der Waals surface area contributed by atoms with Crippen molar-refractivity contribution in [1.82, 2.24) is 5.32 Å². The molecule has 4 rings (SSSR count). The Morgan fingerprint density at radius 2 is 1.88 bits per heavy atom. The summed E-state index contributed by atoms with van der Waals surface area (Å²) in [5, 5.41) is 1.72. The molecule has 0 bridgehead atoms. The summed E-state index contributed by atoms with van der Waals surface area (Å²) >= 11 is 5.81. The van der Waals surface area contributed by atoms with Gasteiger partial charge in [0.15, 0.2) is 5.78 Å². The number of hydrogen-bond donors (Lipinski definition) is 1. The number of nitrogens with one attached hydrogen (secondary N) is 1. The molecule has 0 saturated heterocycles. The lowest BCUT2D eigenvalue weighted by atomic mass is 10.1. The number of dihydropyridines is 1. The van der Waals surface area contributed by atoms with Crippen LogP contribution in [-0.4, -0.2) is 24.4 Å². The summed E-state index contributed by atoms with van der Waals surface area (Å²) in [6.07, 6.45) is -0.713. The molecule has 1 N–H and O–H groups in total. The van der Waals surface area contributed by atoms with Gasteiger partial charge in [-0.1, -0.05) is 11.6 Å². The maximum absolute atomic E-state index is 14.1. The molecule has 1 heterocycles. The zero-order valence-electron chi connectivity index (χ0n) is 16.4. The van der Waals surface area contributed by atoms with E-state index in [0.717, 1.165) is 12.1 Å². The van der Waals surface area contributed by atoms with Crippen molar-refractivity contribution in [1.29, 1.82) is 0 Å². The van der Waals surface area contributed by atoms with Gasteiger partial charge in [0.25, 0.3) is 5.91 Å². The quantitative estimate of drug-likeness (QED) is 0.641. The van der Waals surface area contributed by atoms with Gasteiger partial charge in [0.05, 0.1) is 21.8 Å². The Bertz CT molecular complexity index is 1190. The van der Waals surface area contributed by atoms with E-state index in [2.05, 4.69) is 10.3 Å². The molecular formula is C22H15ClF4N2O3. The number of hydrogen-bond acceptors (Lipinski definition) is 4. The molecule has 166 valence electrons. The van der Waals surface area contributed by atoms with E-state index in [0.29, 0.717) is 36.5 Å². The molecule has 10 heteroatoms. The number of aliphatic imine (C=N–C) groups is 1. The second-order valence-electron chi connectivity index (χ2n) is 7.27. The first-order valence-electron chi connectivity index (χ1n) is 9.58. The van der Waals surface area contributed by atoms with Crippen LogP contribution in [0, 0.1) is 5.82 Å². The number of ether oxygens (including phenoxy) is 1. The molecule has 1 amide bonds. The predicted molar refractivity (Wildman–Crippen MR) is 109 cm³/mol. The van der Waals surface area contributed by atoms with E-state index in [1.165, 1.54) is 18.3 Å². The molecule has 1 aliphatic carbocycles. The third-order valence-corrected chi connectivity index (χ3v) is 5.39. The van der Waals surface area contributed by atoms with Gasteiger partial charge in [0.1, 0.15) is 23.9 Å². The van der Waals surface area contributed by atoms with Crippen LogP contribution in [0.2, 0.25) is 5.02 Å². The van der Waals surface area contributed by atoms with E-state index in [-0.39, 0.29) is 29.3 Å². The average molecular weight is 467 g/mol. The molecule has 0 saturated carbocycles. The van der Waals surface area contributed by atoms with Gasteiger partial charge in [-0.25, -0.2) is 4.39 Å². The lowest BCUT2D eigenvalue weighted by molar-refractivity contribution is -0.137. The highest BCUT2D eigenvalue weighted by atomic mass is 35.5. The van der Waals surface area contributed by atoms with Crippen LogP contribution in [-0.2, 0) is 23.8 Å². The second-order valence-corrected chi connectivity index (χ2v) is 7.68. The molecule has 0 fully saturated rings. The van der Waals surface area contributed by atoms with Crippen molar-refractivity contribution in [3.63, 3.8) is 0 Å². The minimum Gasteiger partial charge on any atom is -0.456 e. The molecule has 0 aromatic heterocycles. The number of carbonyl (C=O) groups is 2. The largest absolute Gasteiger partial charge is 0.456 e. The van der Waals surface area contributed by atoms with Crippen molar-refractivity contribution in [3.8, 4) is 11.5 Å². The van der Waals surface area contributed by atoms with Crippen molar-refractivity contribution in [3.05, 3.63) is 69.1 Å². The predicted octanol–water partition coefficient (Wildman–Crippen LogP) is 5.05. The molecule has 1 aliphatic heterocycles. The summed E-state index contributed by atoms with van der Waals surface area (Å²) in [6, 6.07) is 3.98. The van der Waals surface area contributed by atoms with Gasteiger partial charge in [-0.2, -0.15) is 13.2 Å². The van der Waals surface area contributed by atoms with Crippen LogP contribution in [0.25, 0.3) is 0 Å². The summed E-state index contributed by atoms with van der Waals surface area (Å²) in [6.45, 7) is -0.0600. The molecule has 2 aliphatic rings. The van der Waals surface area contributed by atoms with Crippen molar-refractivity contribution in [2.75, 3.05) is 6.54 Å². The van der Waals surface area contributed by atoms with Gasteiger partial charge in [-0.3, -0.25) is 14.6 Å². The van der Waals surface area contributed by atoms with Crippen molar-refractivity contribution >= 4 is 29.5 Å². The van der Waals surface area contributed by atoms with E-state index in [1.807, 2.05) is 0 Å². The minimum atomic E-state index is -4.79. The molecule has 0 spiro atoms. The van der Waals surface area contributed by atoms with Crippen LogP contribution in [0.15, 0.2) is 41.0 Å². The Morgan fingerprint density at radius 1 is 1.12 bits per heavy atom. The van der Waals surface area contributed by atoms with Crippen molar-refractivity contribution in [2.45, 2.75) is 25.4 Å². The maximum Gasteiger partial charge on any atom is 0.417 e. The average Bonchev–Trinajstić information content (AvgIpc) is 3.21. The van der Waals surface area contributed by atoms with Crippen LogP contribution in [0.1, 0.15) is 33.5 Å². The molecule has 0 unspecified atom stereocenters. The van der Waals surface area contributed by atoms with Gasteiger partial charge >= 0.3 is 6.18 Å². The standard InChI is InChI=1S/C22H15ClF4N2O3/c23-17-7-15(21(31)29-11-6-12(30)10-28-9-11)20(8-16(17)22(25,26)27)32-19-5-4-18(24)13-2-1-3-14(13)19/h4-9H,1-3,10H2,(H,29,31). The lowest BCUT2D eigenvalue weighted by Crippen LogP contribution is -2.27. The summed E-state index contributed by atoms with van der Waals surface area (Å²) in [5.74, 6) is -1.84. The van der Waals surface area contributed by atoms with Crippen LogP contribution < -0.4 is 10.1 Å². The Hall–Kier alpha value is -3.20. The summed E-state index contributed by atoms with van der Waals surface area (Å²) in [7, 11) is 0. The van der Waals surface area contributed by atoms with Gasteiger partial charge in [-0.05, 0) is 49.1 Å². The zero-order chi connectivity index (χ0) is 23.0. The van der Waals surface area contributed by atoms with Crippen molar-refractivity contribution < 1.29 is 31.9 Å². The minimum absolute atomic E-state index is 0.0600. The van der Waals surface area contributed by atoms with Crippen LogP contribution in [0.4, 0.5) is 17.6 Å². The van der Waals surface area contributed by atoms with Gasteiger partial charge in [0.2, 0.25) is 0 Å². The summed E-state index contributed by atoms with van der Waals surface area (Å²) in [5.41, 5.74) is -0.395. The normalized spacial score (nSPS) is 15.4. The number of halogens is 5. The fourth-order valence-corrected chi connectivity index (χ4v) is 3.90. The maximum atomic E-state index is 14.1. The van der Waals surface area contributed by atoms with E-state index < -0.39 is 34.2 Å². The number of fused-ring (bicyclic) bond motifs is 1. The smallest absolute Gasteiger partial charge is 0.417 e. The molecule has 5 nitrogen and oxygen atoms in total. The van der Waals surface area contributed by atoms with Gasteiger partial charge < -0.3 is 10.1 Å². The highest BCUT2D eigenvalue weighted by Gasteiger charge is 2.35. The van der Waals surface area contributed by atoms with Crippen LogP contribution in [0.5, 0.6) is 11.5 Å². The third kappa shape index (κ3) is 4.38. The fourth-order valence-electron chi connectivity index (χ4n) is 3.63. The van der Waals surface area contributed by atoms with Gasteiger partial charge in [-0.15, -0.1) is 0 Å². The Labute approximate surface area is 184 Å². The number of allylic oxidation sites excluding steroid dienone is 1. The first kappa shape index (κ1) is 22.0. The molecule has 0 atom stereocenters. The number of carbonyl (C=O) groups excluding carboxylic acids is 2. The van der Waals surface area contributed by atoms with Gasteiger partial charge in [0, 0.05) is 17.9 Å². The number of ketones is 1. The Balaban J connectivity index is 1.76. The highest BCUT2D eigenvalue weighted by Crippen LogP contribution is 2.41. The lowest BCUT2D eigenvalue weighted by Gasteiger charge is -2.18. The Morgan fingerprint density at radius 3 is 2.59 bits per heavy atom. The molecule has 2 aromatic carbocycles. The molecule has 32 heavy (non-hydrogen) atoms. The number of amides is 1. The first-order chi connectivity index (χ1) is 15.1. The monoisotopic (exact) mass is 466 g/mol. The summed E-state index contributed by atoms with van der Waals surface area (Å²) in [4.78, 5) is 28.1. The number of alkyl halides is 3. The number of rotatable bonds is 4. The number of benzene rings is 2. The fraction of sp³-hybridized carbons (Fsp3) is 0.227. The zero-order valence-corrected chi connectivity index (χ0v) is 17.1. The third-order valence-electron chi connectivity index (χ3n) is 5.08. The molecular weight excluding hydrogens is 452 g/mol.